The van der Waals surface area contributed by atoms with Crippen molar-refractivity contribution in [2.24, 2.45) is 0 Å². The Balaban J connectivity index is 1.57. The summed E-state index contributed by atoms with van der Waals surface area (Å²) in [6.07, 6.45) is 0.966. The molecule has 1 aromatic rings. The van der Waals surface area contributed by atoms with Crippen LogP contribution >= 0.6 is 0 Å². The zero-order valence-corrected chi connectivity index (χ0v) is 13.1. The van der Waals surface area contributed by atoms with E-state index in [2.05, 4.69) is 12.1 Å². The predicted octanol–water partition coefficient (Wildman–Crippen LogP) is 1.34. The van der Waals surface area contributed by atoms with E-state index in [9.17, 15) is 9.59 Å². The molecule has 23 heavy (non-hydrogen) atoms. The molecule has 1 aliphatic heterocycles. The van der Waals surface area contributed by atoms with Crippen LogP contribution in [0.15, 0.2) is 30.3 Å². The van der Waals surface area contributed by atoms with Crippen LogP contribution in [0.25, 0.3) is 0 Å². The molecule has 0 saturated carbocycles. The Morgan fingerprint density at radius 1 is 1.26 bits per heavy atom. The second-order valence-electron chi connectivity index (χ2n) is 5.49. The van der Waals surface area contributed by atoms with Crippen LogP contribution in [0, 0.1) is 0 Å². The minimum atomic E-state index is -1.02. The molecule has 0 bridgehead atoms. The highest BCUT2D eigenvalue weighted by atomic mass is 16.5. The molecule has 1 aliphatic rings. The molecule has 126 valence electrons. The van der Waals surface area contributed by atoms with Gasteiger partial charge in [0.2, 0.25) is 5.91 Å². The predicted molar refractivity (Wildman–Crippen MR) is 84.2 cm³/mol. The highest BCUT2D eigenvalue weighted by molar-refractivity contribution is 5.78. The molecular formula is C17H23NO5. The maximum atomic E-state index is 12.0. The molecule has 2 rings (SSSR count). The van der Waals surface area contributed by atoms with Gasteiger partial charge < -0.3 is 19.5 Å². The second-order valence-corrected chi connectivity index (χ2v) is 5.49. The third kappa shape index (κ3) is 6.00. The van der Waals surface area contributed by atoms with E-state index in [0.29, 0.717) is 32.6 Å². The third-order valence-corrected chi connectivity index (χ3v) is 3.75. The number of amides is 1. The van der Waals surface area contributed by atoms with Crippen molar-refractivity contribution in [1.29, 1.82) is 0 Å². The van der Waals surface area contributed by atoms with Crippen molar-refractivity contribution in [2.45, 2.75) is 25.4 Å². The number of carboxylic acids is 1. The quantitative estimate of drug-likeness (QED) is 0.731. The maximum Gasteiger partial charge on any atom is 0.334 e. The number of aliphatic carboxylic acids is 1. The SMILES string of the molecule is O=C(O)C1CN(C(=O)CCCOCCc2ccccc2)CCO1. The fourth-order valence-electron chi connectivity index (χ4n) is 2.45. The lowest BCUT2D eigenvalue weighted by Crippen LogP contribution is -2.48. The Bertz CT molecular complexity index is 505. The van der Waals surface area contributed by atoms with Crippen molar-refractivity contribution in [2.75, 3.05) is 32.9 Å². The molecule has 1 N–H and O–H groups in total. The molecule has 1 fully saturated rings. The van der Waals surface area contributed by atoms with E-state index in [1.165, 1.54) is 5.56 Å². The van der Waals surface area contributed by atoms with Gasteiger partial charge in [0.25, 0.3) is 0 Å². The van der Waals surface area contributed by atoms with E-state index < -0.39 is 12.1 Å². The van der Waals surface area contributed by atoms with Crippen molar-refractivity contribution in [3.8, 4) is 0 Å². The normalized spacial score (nSPS) is 17.9. The molecule has 0 radical (unpaired) electrons. The van der Waals surface area contributed by atoms with E-state index in [1.807, 2.05) is 18.2 Å². The van der Waals surface area contributed by atoms with Crippen LogP contribution in [0.5, 0.6) is 0 Å². The molecule has 6 heteroatoms. The smallest absolute Gasteiger partial charge is 0.334 e. The van der Waals surface area contributed by atoms with Gasteiger partial charge in [-0.15, -0.1) is 0 Å². The highest BCUT2D eigenvalue weighted by Gasteiger charge is 2.28. The molecule has 0 spiro atoms. The summed E-state index contributed by atoms with van der Waals surface area (Å²) >= 11 is 0. The zero-order chi connectivity index (χ0) is 16.5. The van der Waals surface area contributed by atoms with Crippen molar-refractivity contribution in [1.82, 2.24) is 4.90 Å². The summed E-state index contributed by atoms with van der Waals surface area (Å²) in [5.41, 5.74) is 1.23. The molecule has 0 aliphatic carbocycles. The van der Waals surface area contributed by atoms with E-state index in [-0.39, 0.29) is 19.1 Å². The van der Waals surface area contributed by atoms with E-state index >= 15 is 0 Å². The monoisotopic (exact) mass is 321 g/mol. The first-order chi connectivity index (χ1) is 11.2. The van der Waals surface area contributed by atoms with Crippen LogP contribution in [0.2, 0.25) is 0 Å². The number of rotatable bonds is 8. The molecule has 1 unspecified atom stereocenters. The number of ether oxygens (including phenoxy) is 2. The molecular weight excluding hydrogens is 298 g/mol. The Kier molecular flexibility index (Phi) is 7.03. The molecule has 1 aromatic carbocycles. The first-order valence-corrected chi connectivity index (χ1v) is 7.90. The van der Waals surface area contributed by atoms with Gasteiger partial charge in [-0.05, 0) is 18.4 Å². The van der Waals surface area contributed by atoms with Crippen LogP contribution in [0.4, 0.5) is 0 Å². The minimum Gasteiger partial charge on any atom is -0.479 e. The Morgan fingerprint density at radius 2 is 2.04 bits per heavy atom. The van der Waals surface area contributed by atoms with Gasteiger partial charge in [-0.1, -0.05) is 30.3 Å². The standard InChI is InChI=1S/C17H23NO5/c19-16(18-9-12-23-15(13-18)17(20)21)7-4-10-22-11-8-14-5-2-1-3-6-14/h1-3,5-6,15H,4,7-13H2,(H,20,21). The summed E-state index contributed by atoms with van der Waals surface area (Å²) in [6, 6.07) is 10.1. The van der Waals surface area contributed by atoms with Crippen molar-refractivity contribution >= 4 is 11.9 Å². The average Bonchev–Trinajstić information content (AvgIpc) is 2.58. The van der Waals surface area contributed by atoms with Crippen molar-refractivity contribution < 1.29 is 24.2 Å². The highest BCUT2D eigenvalue weighted by Crippen LogP contribution is 2.08. The summed E-state index contributed by atoms with van der Waals surface area (Å²) in [7, 11) is 0. The fourth-order valence-corrected chi connectivity index (χ4v) is 2.45. The van der Waals surface area contributed by atoms with Gasteiger partial charge in [-0.25, -0.2) is 4.79 Å². The lowest BCUT2D eigenvalue weighted by molar-refractivity contribution is -0.159. The zero-order valence-electron chi connectivity index (χ0n) is 13.1. The number of benzene rings is 1. The maximum absolute atomic E-state index is 12.0. The summed E-state index contributed by atoms with van der Waals surface area (Å²) in [6.45, 7) is 2.03. The molecule has 6 nitrogen and oxygen atoms in total. The van der Waals surface area contributed by atoms with Gasteiger partial charge in [0.15, 0.2) is 6.10 Å². The third-order valence-electron chi connectivity index (χ3n) is 3.75. The van der Waals surface area contributed by atoms with Crippen molar-refractivity contribution in [3.63, 3.8) is 0 Å². The number of hydrogen-bond acceptors (Lipinski definition) is 4. The van der Waals surface area contributed by atoms with Crippen molar-refractivity contribution in [3.05, 3.63) is 35.9 Å². The first-order valence-electron chi connectivity index (χ1n) is 7.90. The molecule has 1 atom stereocenters. The summed E-state index contributed by atoms with van der Waals surface area (Å²) in [5.74, 6) is -1.06. The number of carboxylic acid groups (broad SMARTS) is 1. The Hall–Kier alpha value is -1.92. The van der Waals surface area contributed by atoms with Gasteiger partial charge in [0.1, 0.15) is 0 Å². The Morgan fingerprint density at radius 3 is 2.78 bits per heavy atom. The van der Waals surface area contributed by atoms with Gasteiger partial charge in [-0.3, -0.25) is 4.79 Å². The largest absolute Gasteiger partial charge is 0.479 e. The van der Waals surface area contributed by atoms with E-state index in [4.69, 9.17) is 14.6 Å². The first kappa shape index (κ1) is 17.4. The van der Waals surface area contributed by atoms with Gasteiger partial charge >= 0.3 is 5.97 Å². The lowest BCUT2D eigenvalue weighted by Gasteiger charge is -2.30. The summed E-state index contributed by atoms with van der Waals surface area (Å²) < 4.78 is 10.6. The van der Waals surface area contributed by atoms with Crippen LogP contribution < -0.4 is 0 Å². The van der Waals surface area contributed by atoms with Gasteiger partial charge in [0, 0.05) is 19.6 Å². The average molecular weight is 321 g/mol. The fraction of sp³-hybridized carbons (Fsp3) is 0.529. The van der Waals surface area contributed by atoms with Gasteiger partial charge in [0.05, 0.1) is 19.8 Å². The van der Waals surface area contributed by atoms with Crippen LogP contribution in [-0.2, 0) is 25.5 Å². The molecule has 0 aromatic heterocycles. The number of nitrogens with zero attached hydrogens (tertiary/aromatic N) is 1. The summed E-state index contributed by atoms with van der Waals surface area (Å²) in [4.78, 5) is 24.5. The van der Waals surface area contributed by atoms with E-state index in [1.54, 1.807) is 4.90 Å². The molecule has 1 saturated heterocycles. The van der Waals surface area contributed by atoms with Crippen LogP contribution in [0.3, 0.4) is 0 Å². The summed E-state index contributed by atoms with van der Waals surface area (Å²) in [5, 5.41) is 8.92. The Labute approximate surface area is 136 Å². The number of morpholine rings is 1. The number of carbonyl (C=O) groups excluding carboxylic acids is 1. The van der Waals surface area contributed by atoms with Gasteiger partial charge in [-0.2, -0.15) is 0 Å². The number of hydrogen-bond donors (Lipinski definition) is 1. The number of carbonyl (C=O) groups is 2. The molecule has 1 amide bonds. The van der Waals surface area contributed by atoms with E-state index in [0.717, 1.165) is 6.42 Å². The topological polar surface area (TPSA) is 76.1 Å². The molecule has 1 heterocycles. The minimum absolute atomic E-state index is 0.0359. The van der Waals surface area contributed by atoms with Crippen LogP contribution in [-0.4, -0.2) is 60.9 Å². The second kappa shape index (κ2) is 9.27. The van der Waals surface area contributed by atoms with Crippen LogP contribution in [0.1, 0.15) is 18.4 Å². The lowest BCUT2D eigenvalue weighted by atomic mass is 10.2.